The van der Waals surface area contributed by atoms with E-state index < -0.39 is 0 Å². The third-order valence-corrected chi connectivity index (χ3v) is 4.24. The summed E-state index contributed by atoms with van der Waals surface area (Å²) in [7, 11) is 2.18. The quantitative estimate of drug-likeness (QED) is 0.827. The van der Waals surface area contributed by atoms with Gasteiger partial charge in [0.15, 0.2) is 5.65 Å². The van der Waals surface area contributed by atoms with E-state index in [0.29, 0.717) is 12.6 Å². The minimum atomic E-state index is 0.485. The number of rotatable bonds is 6. The van der Waals surface area contributed by atoms with Crippen LogP contribution in [0, 0.1) is 0 Å². The van der Waals surface area contributed by atoms with E-state index in [9.17, 15) is 0 Å². The highest BCUT2D eigenvalue weighted by atomic mass is 16.5. The second kappa shape index (κ2) is 7.07. The maximum atomic E-state index is 5.51. The highest BCUT2D eigenvalue weighted by molar-refractivity contribution is 5.74. The van der Waals surface area contributed by atoms with Crippen molar-refractivity contribution >= 4 is 17.1 Å². The van der Waals surface area contributed by atoms with Crippen LogP contribution in [-0.4, -0.2) is 58.8 Å². The Morgan fingerprint density at radius 2 is 2.18 bits per heavy atom. The van der Waals surface area contributed by atoms with E-state index in [1.807, 2.05) is 13.0 Å². The molecule has 6 heteroatoms. The van der Waals surface area contributed by atoms with Crippen molar-refractivity contribution in [3.05, 3.63) is 18.3 Å². The van der Waals surface area contributed by atoms with Crippen LogP contribution in [0.25, 0.3) is 11.2 Å². The Hall–Kier alpha value is -1.66. The highest BCUT2D eigenvalue weighted by Gasteiger charge is 2.19. The number of anilines is 1. The molecule has 0 bridgehead atoms. The van der Waals surface area contributed by atoms with E-state index in [1.165, 1.54) is 0 Å². The molecule has 1 aliphatic rings. The summed E-state index contributed by atoms with van der Waals surface area (Å²) in [6.07, 6.45) is 4.10. The number of likely N-dealkylation sites (tertiary alicyclic amines) is 1. The van der Waals surface area contributed by atoms with Crippen molar-refractivity contribution < 1.29 is 4.74 Å². The summed E-state index contributed by atoms with van der Waals surface area (Å²) < 4.78 is 7.70. The fourth-order valence-corrected chi connectivity index (χ4v) is 2.93. The maximum Gasteiger partial charge on any atom is 0.205 e. The molecule has 0 aliphatic carbocycles. The fourth-order valence-electron chi connectivity index (χ4n) is 2.93. The molecule has 1 fully saturated rings. The van der Waals surface area contributed by atoms with Gasteiger partial charge < -0.3 is 19.5 Å². The summed E-state index contributed by atoms with van der Waals surface area (Å²) in [5.41, 5.74) is 1.87. The van der Waals surface area contributed by atoms with E-state index in [4.69, 9.17) is 4.74 Å². The number of imidazole rings is 1. The summed E-state index contributed by atoms with van der Waals surface area (Å²) >= 11 is 0. The molecule has 0 saturated carbocycles. The first-order chi connectivity index (χ1) is 10.8. The monoisotopic (exact) mass is 303 g/mol. The van der Waals surface area contributed by atoms with Crippen molar-refractivity contribution in [3.8, 4) is 0 Å². The molecule has 0 amide bonds. The molecule has 3 rings (SSSR count). The molecule has 3 heterocycles. The van der Waals surface area contributed by atoms with Crippen molar-refractivity contribution in [3.63, 3.8) is 0 Å². The first-order valence-electron chi connectivity index (χ1n) is 8.12. The lowest BCUT2D eigenvalue weighted by Crippen LogP contribution is -2.37. The number of nitrogens with one attached hydrogen (secondary N) is 1. The lowest BCUT2D eigenvalue weighted by molar-refractivity contribution is 0.140. The van der Waals surface area contributed by atoms with Crippen LogP contribution >= 0.6 is 0 Å². The highest BCUT2D eigenvalue weighted by Crippen LogP contribution is 2.20. The molecule has 0 atom stereocenters. The summed E-state index contributed by atoms with van der Waals surface area (Å²) in [6.45, 7) is 6.52. The van der Waals surface area contributed by atoms with Gasteiger partial charge in [-0.3, -0.25) is 0 Å². The average Bonchev–Trinajstić information content (AvgIpc) is 2.88. The Morgan fingerprint density at radius 3 is 2.95 bits per heavy atom. The average molecular weight is 303 g/mol. The number of hydrogen-bond donors (Lipinski definition) is 1. The van der Waals surface area contributed by atoms with E-state index in [-0.39, 0.29) is 0 Å². The molecular formula is C16H25N5O. The molecule has 1 aliphatic heterocycles. The van der Waals surface area contributed by atoms with Crippen LogP contribution in [0.2, 0.25) is 0 Å². The Labute approximate surface area is 131 Å². The Bertz CT molecular complexity index is 604. The molecule has 0 radical (unpaired) electrons. The van der Waals surface area contributed by atoms with E-state index in [0.717, 1.165) is 56.2 Å². The predicted molar refractivity (Wildman–Crippen MR) is 88.2 cm³/mol. The van der Waals surface area contributed by atoms with Gasteiger partial charge >= 0.3 is 0 Å². The molecule has 0 spiro atoms. The smallest absolute Gasteiger partial charge is 0.205 e. The van der Waals surface area contributed by atoms with Crippen LogP contribution < -0.4 is 5.32 Å². The molecule has 2 aromatic heterocycles. The number of piperidine rings is 1. The summed E-state index contributed by atoms with van der Waals surface area (Å²) in [5.74, 6) is 0.919. The molecule has 1 saturated heterocycles. The van der Waals surface area contributed by atoms with Crippen molar-refractivity contribution in [2.45, 2.75) is 32.4 Å². The molecule has 0 aromatic carbocycles. The van der Waals surface area contributed by atoms with Crippen LogP contribution in [0.1, 0.15) is 19.8 Å². The standard InChI is InChI=1S/C16H25N5O/c1-3-22-12-11-21-14-5-4-8-17-15(14)19-16(21)18-13-6-9-20(2)10-7-13/h4-5,8,13H,3,6-7,9-12H2,1-2H3,(H,17,18,19). The largest absolute Gasteiger partial charge is 0.380 e. The van der Waals surface area contributed by atoms with Gasteiger partial charge in [-0.05, 0) is 52.0 Å². The summed E-state index contributed by atoms with van der Waals surface area (Å²) in [5, 5.41) is 3.62. The van der Waals surface area contributed by atoms with Crippen LogP contribution in [-0.2, 0) is 11.3 Å². The Balaban J connectivity index is 1.79. The minimum Gasteiger partial charge on any atom is -0.380 e. The van der Waals surface area contributed by atoms with Gasteiger partial charge in [-0.1, -0.05) is 0 Å². The van der Waals surface area contributed by atoms with Gasteiger partial charge in [0.1, 0.15) is 0 Å². The topological polar surface area (TPSA) is 55.2 Å². The molecular weight excluding hydrogens is 278 g/mol. The van der Waals surface area contributed by atoms with Gasteiger partial charge in [0.2, 0.25) is 5.95 Å². The Kier molecular flexibility index (Phi) is 4.90. The third kappa shape index (κ3) is 3.39. The van der Waals surface area contributed by atoms with Gasteiger partial charge in [-0.2, -0.15) is 4.98 Å². The lowest BCUT2D eigenvalue weighted by Gasteiger charge is -2.29. The Morgan fingerprint density at radius 1 is 1.36 bits per heavy atom. The van der Waals surface area contributed by atoms with Crippen LogP contribution in [0.5, 0.6) is 0 Å². The maximum absolute atomic E-state index is 5.51. The third-order valence-electron chi connectivity index (χ3n) is 4.24. The van der Waals surface area contributed by atoms with Crippen molar-refractivity contribution in [2.24, 2.45) is 0 Å². The molecule has 0 unspecified atom stereocenters. The zero-order chi connectivity index (χ0) is 15.4. The van der Waals surface area contributed by atoms with E-state index in [1.54, 1.807) is 6.20 Å². The zero-order valence-corrected chi connectivity index (χ0v) is 13.5. The van der Waals surface area contributed by atoms with Crippen LogP contribution in [0.15, 0.2) is 18.3 Å². The van der Waals surface area contributed by atoms with Gasteiger partial charge in [0.05, 0.1) is 12.1 Å². The van der Waals surface area contributed by atoms with Crippen LogP contribution in [0.4, 0.5) is 5.95 Å². The molecule has 2 aromatic rings. The van der Waals surface area contributed by atoms with Crippen molar-refractivity contribution in [1.29, 1.82) is 0 Å². The number of nitrogens with zero attached hydrogens (tertiary/aromatic N) is 4. The van der Waals surface area contributed by atoms with Gasteiger partial charge in [-0.25, -0.2) is 4.98 Å². The minimum absolute atomic E-state index is 0.485. The first kappa shape index (κ1) is 15.2. The van der Waals surface area contributed by atoms with E-state index in [2.05, 4.69) is 37.9 Å². The predicted octanol–water partition coefficient (Wildman–Crippen LogP) is 1.97. The van der Waals surface area contributed by atoms with Crippen molar-refractivity contribution in [1.82, 2.24) is 19.4 Å². The van der Waals surface area contributed by atoms with Gasteiger partial charge in [0.25, 0.3) is 0 Å². The van der Waals surface area contributed by atoms with Crippen molar-refractivity contribution in [2.75, 3.05) is 38.7 Å². The molecule has 120 valence electrons. The second-order valence-electron chi connectivity index (χ2n) is 5.85. The molecule has 1 N–H and O–H groups in total. The van der Waals surface area contributed by atoms with E-state index >= 15 is 0 Å². The van der Waals surface area contributed by atoms with Gasteiger partial charge in [0, 0.05) is 25.4 Å². The second-order valence-corrected chi connectivity index (χ2v) is 5.85. The summed E-state index contributed by atoms with van der Waals surface area (Å²) in [6, 6.07) is 4.51. The first-order valence-corrected chi connectivity index (χ1v) is 8.12. The lowest BCUT2D eigenvalue weighted by atomic mass is 10.1. The zero-order valence-electron chi connectivity index (χ0n) is 13.5. The fraction of sp³-hybridized carbons (Fsp3) is 0.625. The normalized spacial score (nSPS) is 17.2. The number of fused-ring (bicyclic) bond motifs is 1. The molecule has 6 nitrogen and oxygen atoms in total. The molecule has 22 heavy (non-hydrogen) atoms. The number of hydrogen-bond acceptors (Lipinski definition) is 5. The number of aromatic nitrogens is 3. The van der Waals surface area contributed by atoms with Gasteiger partial charge in [-0.15, -0.1) is 0 Å². The number of pyridine rings is 1. The number of ether oxygens (including phenoxy) is 1. The van der Waals surface area contributed by atoms with Crippen LogP contribution in [0.3, 0.4) is 0 Å². The summed E-state index contributed by atoms with van der Waals surface area (Å²) in [4.78, 5) is 11.4. The SMILES string of the molecule is CCOCCn1c(NC2CCN(C)CC2)nc2ncccc21.